The zero-order valence-corrected chi connectivity index (χ0v) is 22.7. The number of aromatic nitrogens is 2. The lowest BCUT2D eigenvalue weighted by Gasteiger charge is -2.31. The van der Waals surface area contributed by atoms with Gasteiger partial charge in [-0.2, -0.15) is 0 Å². The van der Waals surface area contributed by atoms with Crippen LogP contribution < -0.4 is 9.80 Å². The van der Waals surface area contributed by atoms with E-state index in [4.69, 9.17) is 9.98 Å². The van der Waals surface area contributed by atoms with Gasteiger partial charge in [-0.3, -0.25) is 19.8 Å². The Kier molecular flexibility index (Phi) is 6.76. The van der Waals surface area contributed by atoms with Gasteiger partial charge in [-0.05, 0) is 60.7 Å². The molecule has 7 rings (SSSR count). The third-order valence-corrected chi connectivity index (χ3v) is 7.01. The standard InChI is InChI=1S/C36H26N6/c1-5-13-27(14-6-1)41(28-15-7-2-8-16-28)35-31-25-37-23-21-33(31)40-36(32-26-38-24-22-34(32)39-35)42(29-17-9-3-10-18-29)30-19-11-4-12-20-30/h1-26H/b35-31?,36-32?,39-34?,39-35+,40-33?,40-36+. The number of rotatable bonds is 4. The van der Waals surface area contributed by atoms with E-state index in [0.29, 0.717) is 0 Å². The van der Waals surface area contributed by atoms with Gasteiger partial charge in [0.05, 0.1) is 22.5 Å². The van der Waals surface area contributed by atoms with Crippen LogP contribution >= 0.6 is 0 Å². The molecule has 200 valence electrons. The Bertz CT molecular complexity index is 1650. The first-order valence-electron chi connectivity index (χ1n) is 13.7. The van der Waals surface area contributed by atoms with Gasteiger partial charge in [0.15, 0.2) is 0 Å². The topological polar surface area (TPSA) is 57.0 Å². The molecule has 2 aromatic heterocycles. The summed E-state index contributed by atoms with van der Waals surface area (Å²) in [7, 11) is 0. The third-order valence-electron chi connectivity index (χ3n) is 7.01. The highest BCUT2D eigenvalue weighted by atomic mass is 15.2. The van der Waals surface area contributed by atoms with Crippen molar-refractivity contribution in [2.45, 2.75) is 0 Å². The van der Waals surface area contributed by atoms with Crippen molar-refractivity contribution >= 4 is 45.8 Å². The highest BCUT2D eigenvalue weighted by Gasteiger charge is 2.27. The van der Waals surface area contributed by atoms with Crippen LogP contribution in [0.3, 0.4) is 0 Å². The molecule has 0 spiro atoms. The molecule has 4 aromatic carbocycles. The summed E-state index contributed by atoms with van der Waals surface area (Å²) in [5, 5.41) is 0. The zero-order valence-electron chi connectivity index (χ0n) is 22.7. The van der Waals surface area contributed by atoms with Crippen LogP contribution in [0.1, 0.15) is 11.1 Å². The molecule has 0 unspecified atom stereocenters. The molecule has 6 aromatic rings. The van der Waals surface area contributed by atoms with Gasteiger partial charge in [-0.25, -0.2) is 9.98 Å². The van der Waals surface area contributed by atoms with E-state index in [-0.39, 0.29) is 0 Å². The van der Waals surface area contributed by atoms with Gasteiger partial charge >= 0.3 is 0 Å². The van der Waals surface area contributed by atoms with E-state index in [1.807, 2.05) is 97.3 Å². The molecule has 0 aliphatic carbocycles. The molecule has 1 aliphatic rings. The number of hydrogen-bond donors (Lipinski definition) is 0. The largest absolute Gasteiger partial charge is 0.294 e. The van der Waals surface area contributed by atoms with Crippen molar-refractivity contribution in [1.82, 2.24) is 9.97 Å². The molecule has 6 nitrogen and oxygen atoms in total. The van der Waals surface area contributed by atoms with Crippen LogP contribution in [0.25, 0.3) is 0 Å². The molecule has 6 heteroatoms. The summed E-state index contributed by atoms with van der Waals surface area (Å²) in [5.74, 6) is 1.44. The highest BCUT2D eigenvalue weighted by Crippen LogP contribution is 2.37. The molecule has 0 fully saturated rings. The number of aliphatic imine (C=N–C) groups is 2. The fourth-order valence-electron chi connectivity index (χ4n) is 5.10. The second-order valence-corrected chi connectivity index (χ2v) is 9.67. The Hall–Kier alpha value is -5.88. The molecule has 42 heavy (non-hydrogen) atoms. The van der Waals surface area contributed by atoms with E-state index in [1.165, 1.54) is 0 Å². The lowest BCUT2D eigenvalue weighted by Crippen LogP contribution is -2.30. The van der Waals surface area contributed by atoms with Crippen molar-refractivity contribution in [2.24, 2.45) is 9.98 Å². The van der Waals surface area contributed by atoms with E-state index < -0.39 is 0 Å². The molecule has 0 saturated heterocycles. The second kappa shape index (κ2) is 11.3. The minimum atomic E-state index is 0.719. The summed E-state index contributed by atoms with van der Waals surface area (Å²) in [5.41, 5.74) is 7.04. The molecule has 0 N–H and O–H groups in total. The van der Waals surface area contributed by atoms with Crippen molar-refractivity contribution in [1.29, 1.82) is 0 Å². The number of amidine groups is 2. The summed E-state index contributed by atoms with van der Waals surface area (Å²) in [6.45, 7) is 0. The monoisotopic (exact) mass is 542 g/mol. The Balaban J connectivity index is 1.51. The molecule has 3 heterocycles. The van der Waals surface area contributed by atoms with Crippen LogP contribution in [0.2, 0.25) is 0 Å². The minimum absolute atomic E-state index is 0.719. The first-order valence-corrected chi connectivity index (χ1v) is 13.7. The number of hydrogen-bond acceptors (Lipinski definition) is 6. The number of pyridine rings is 2. The number of benzene rings is 4. The van der Waals surface area contributed by atoms with Gasteiger partial charge in [0, 0.05) is 47.5 Å². The summed E-state index contributed by atoms with van der Waals surface area (Å²) in [4.78, 5) is 24.1. The Morgan fingerprint density at radius 1 is 0.357 bits per heavy atom. The van der Waals surface area contributed by atoms with E-state index in [9.17, 15) is 0 Å². The maximum atomic E-state index is 5.37. The van der Waals surface area contributed by atoms with Gasteiger partial charge < -0.3 is 0 Å². The maximum Gasteiger partial charge on any atom is 0.149 e. The predicted octanol–water partition coefficient (Wildman–Crippen LogP) is 8.62. The van der Waals surface area contributed by atoms with Crippen molar-refractivity contribution < 1.29 is 0 Å². The van der Waals surface area contributed by atoms with Gasteiger partial charge in [0.2, 0.25) is 0 Å². The zero-order chi connectivity index (χ0) is 28.1. The summed E-state index contributed by atoms with van der Waals surface area (Å²) in [6.07, 6.45) is 7.23. The van der Waals surface area contributed by atoms with Gasteiger partial charge in [-0.15, -0.1) is 0 Å². The summed E-state index contributed by atoms with van der Waals surface area (Å²) in [6, 6.07) is 44.9. The molecular weight excluding hydrogens is 516 g/mol. The highest BCUT2D eigenvalue weighted by molar-refractivity contribution is 6.23. The Morgan fingerprint density at radius 3 is 0.976 bits per heavy atom. The summed E-state index contributed by atoms with van der Waals surface area (Å²) < 4.78 is 0. The minimum Gasteiger partial charge on any atom is -0.294 e. The smallest absolute Gasteiger partial charge is 0.149 e. The fourth-order valence-corrected chi connectivity index (χ4v) is 5.10. The average Bonchev–Trinajstić information content (AvgIpc) is 3.06. The maximum absolute atomic E-state index is 5.37. The molecular formula is C36H26N6. The summed E-state index contributed by atoms with van der Waals surface area (Å²) >= 11 is 0. The number of nitrogens with zero attached hydrogens (tertiary/aromatic N) is 6. The molecule has 0 radical (unpaired) electrons. The first kappa shape index (κ1) is 25.1. The van der Waals surface area contributed by atoms with E-state index in [1.54, 1.807) is 12.4 Å². The van der Waals surface area contributed by atoms with Crippen LogP contribution in [0.15, 0.2) is 168 Å². The van der Waals surface area contributed by atoms with Gasteiger partial charge in [0.1, 0.15) is 11.7 Å². The molecule has 0 atom stereocenters. The van der Waals surface area contributed by atoms with E-state index >= 15 is 0 Å². The van der Waals surface area contributed by atoms with Crippen molar-refractivity contribution in [3.63, 3.8) is 0 Å². The van der Waals surface area contributed by atoms with Crippen molar-refractivity contribution in [3.05, 3.63) is 169 Å². The van der Waals surface area contributed by atoms with Gasteiger partial charge in [-0.1, -0.05) is 72.8 Å². The van der Waals surface area contributed by atoms with Crippen LogP contribution in [0.4, 0.5) is 34.1 Å². The number of para-hydroxylation sites is 4. The predicted molar refractivity (Wildman–Crippen MR) is 171 cm³/mol. The van der Waals surface area contributed by atoms with Crippen LogP contribution in [0, 0.1) is 0 Å². The average molecular weight is 543 g/mol. The van der Waals surface area contributed by atoms with E-state index in [2.05, 4.69) is 68.3 Å². The van der Waals surface area contributed by atoms with E-state index in [0.717, 1.165) is 56.9 Å². The van der Waals surface area contributed by atoms with Crippen LogP contribution in [-0.4, -0.2) is 21.6 Å². The van der Waals surface area contributed by atoms with Crippen molar-refractivity contribution in [2.75, 3.05) is 9.80 Å². The quantitative estimate of drug-likeness (QED) is 0.224. The number of fused-ring (bicyclic) bond motifs is 2. The van der Waals surface area contributed by atoms with Gasteiger partial charge in [0.25, 0.3) is 0 Å². The first-order chi connectivity index (χ1) is 20.9. The number of anilines is 4. The van der Waals surface area contributed by atoms with Crippen LogP contribution in [-0.2, 0) is 0 Å². The lowest BCUT2D eigenvalue weighted by molar-refractivity contribution is 1.21. The molecule has 0 saturated carbocycles. The lowest BCUT2D eigenvalue weighted by atomic mass is 10.1. The Morgan fingerprint density at radius 2 is 0.667 bits per heavy atom. The normalized spacial score (nSPS) is 14.6. The van der Waals surface area contributed by atoms with Crippen LogP contribution in [0.5, 0.6) is 0 Å². The fraction of sp³-hybridized carbons (Fsp3) is 0. The second-order valence-electron chi connectivity index (χ2n) is 9.67. The van der Waals surface area contributed by atoms with Crippen molar-refractivity contribution in [3.8, 4) is 0 Å². The molecule has 0 bridgehead atoms. The Labute approximate surface area is 244 Å². The molecule has 1 aliphatic heterocycles. The SMILES string of the molecule is c1ccc(N(/C2=N/c3ccncc3/C(N(c3ccccc3)c3ccccc3)=N\c3ccncc32)c2ccccc2)cc1. The molecule has 0 amide bonds. The third kappa shape index (κ3) is 4.82.